The average molecular weight is 584 g/mol. The van der Waals surface area contributed by atoms with Crippen LogP contribution in [0.5, 0.6) is 23.0 Å². The van der Waals surface area contributed by atoms with Crippen LogP contribution in [0.1, 0.15) is 0 Å². The number of carbonyl (C=O) groups excluding carboxylic acids is 1. The van der Waals surface area contributed by atoms with Crippen LogP contribution in [0.2, 0.25) is 0 Å². The van der Waals surface area contributed by atoms with E-state index in [1.54, 1.807) is 97.1 Å². The van der Waals surface area contributed by atoms with Crippen molar-refractivity contribution in [2.75, 3.05) is 13.7 Å². The molecule has 0 radical (unpaired) electrons. The molecule has 4 aromatic carbocycles. The predicted octanol–water partition coefficient (Wildman–Crippen LogP) is 7.09. The van der Waals surface area contributed by atoms with Crippen molar-refractivity contribution in [3.63, 3.8) is 0 Å². The molecule has 0 bridgehead atoms. The van der Waals surface area contributed by atoms with E-state index in [1.807, 2.05) is 0 Å². The van der Waals surface area contributed by atoms with Gasteiger partial charge in [0.25, 0.3) is 0 Å². The summed E-state index contributed by atoms with van der Waals surface area (Å²) >= 11 is 0. The molecule has 0 N–H and O–H groups in total. The molecule has 4 rings (SSSR count). The van der Waals surface area contributed by atoms with Gasteiger partial charge in [-0.2, -0.15) is 0 Å². The highest BCUT2D eigenvalue weighted by Gasteiger charge is 2.41. The van der Waals surface area contributed by atoms with Crippen molar-refractivity contribution >= 4 is 21.6 Å². The summed E-state index contributed by atoms with van der Waals surface area (Å²) in [6.45, 7) is -0.760. The van der Waals surface area contributed by atoms with Crippen molar-refractivity contribution in [1.29, 1.82) is 0 Å². The smallest absolute Gasteiger partial charge is 0.467 e. The lowest BCUT2D eigenvalue weighted by atomic mass is 10.3. The number of carbonyl (C=O) groups is 1. The zero-order valence-corrected chi connectivity index (χ0v) is 23.1. The SMILES string of the molecule is COC(=O)[C@@H](COP(=O)(Oc1ccccc1)Oc1ccccc1)OP(=O)(Oc1ccccc1)Oc1ccccc1. The minimum atomic E-state index is -4.55. The lowest BCUT2D eigenvalue weighted by Gasteiger charge is -2.24. The second-order valence-electron chi connectivity index (χ2n) is 7.92. The van der Waals surface area contributed by atoms with Gasteiger partial charge < -0.3 is 22.8 Å². The highest BCUT2D eigenvalue weighted by Crippen LogP contribution is 2.53. The molecule has 0 spiro atoms. The second-order valence-corrected chi connectivity index (χ2v) is 10.9. The molecule has 0 aliphatic carbocycles. The molecule has 0 unspecified atom stereocenters. The lowest BCUT2D eigenvalue weighted by Crippen LogP contribution is -2.31. The summed E-state index contributed by atoms with van der Waals surface area (Å²) in [4.78, 5) is 12.7. The summed E-state index contributed by atoms with van der Waals surface area (Å²) in [5.41, 5.74) is 0. The molecule has 0 heterocycles. The molecule has 1 atom stereocenters. The largest absolute Gasteiger partial charge is 0.588 e. The van der Waals surface area contributed by atoms with Crippen LogP contribution >= 0.6 is 15.6 Å². The Morgan fingerprint density at radius 2 is 0.900 bits per heavy atom. The van der Waals surface area contributed by atoms with Gasteiger partial charge in [-0.05, 0) is 48.5 Å². The van der Waals surface area contributed by atoms with Gasteiger partial charge in [-0.1, -0.05) is 72.8 Å². The van der Waals surface area contributed by atoms with Crippen LogP contribution in [0.3, 0.4) is 0 Å². The second kappa shape index (κ2) is 13.8. The van der Waals surface area contributed by atoms with Crippen LogP contribution in [0.4, 0.5) is 0 Å². The fourth-order valence-corrected chi connectivity index (χ4v) is 5.72. The van der Waals surface area contributed by atoms with Crippen LogP contribution in [-0.2, 0) is 27.7 Å². The molecule has 0 fully saturated rings. The van der Waals surface area contributed by atoms with Crippen molar-refractivity contribution in [3.05, 3.63) is 121 Å². The zero-order valence-electron chi connectivity index (χ0n) is 21.3. The Balaban J connectivity index is 1.58. The first-order chi connectivity index (χ1) is 19.4. The van der Waals surface area contributed by atoms with E-state index in [0.717, 1.165) is 7.11 Å². The predicted molar refractivity (Wildman–Crippen MR) is 146 cm³/mol. The molecule has 208 valence electrons. The van der Waals surface area contributed by atoms with Gasteiger partial charge in [0.2, 0.25) is 0 Å². The Kier molecular flexibility index (Phi) is 10.00. The molecule has 10 nitrogen and oxygen atoms in total. The number of phosphoric acid groups is 2. The molecule has 12 heteroatoms. The number of benzene rings is 4. The highest BCUT2D eigenvalue weighted by molar-refractivity contribution is 7.49. The Morgan fingerprint density at radius 3 is 1.23 bits per heavy atom. The van der Waals surface area contributed by atoms with Gasteiger partial charge in [-0.3, -0.25) is 4.52 Å². The fourth-order valence-electron chi connectivity index (χ4n) is 3.16. The van der Waals surface area contributed by atoms with E-state index >= 15 is 0 Å². The fraction of sp³-hybridized carbons (Fsp3) is 0.107. The maximum absolute atomic E-state index is 13.8. The van der Waals surface area contributed by atoms with Gasteiger partial charge in [0.15, 0.2) is 6.10 Å². The number of rotatable bonds is 14. The molecular formula is C28H26O10P2. The molecule has 0 saturated carbocycles. The number of hydrogen-bond acceptors (Lipinski definition) is 10. The van der Waals surface area contributed by atoms with E-state index in [-0.39, 0.29) is 23.0 Å². The molecule has 40 heavy (non-hydrogen) atoms. The van der Waals surface area contributed by atoms with Gasteiger partial charge in [0.1, 0.15) is 23.0 Å². The van der Waals surface area contributed by atoms with Crippen LogP contribution in [0.15, 0.2) is 121 Å². The number of phosphoric ester groups is 2. The number of ether oxygens (including phenoxy) is 1. The third kappa shape index (κ3) is 8.73. The summed E-state index contributed by atoms with van der Waals surface area (Å²) < 4.78 is 65.7. The van der Waals surface area contributed by atoms with Crippen molar-refractivity contribution in [3.8, 4) is 23.0 Å². The summed E-state index contributed by atoms with van der Waals surface area (Å²) in [6, 6.07) is 32.6. The van der Waals surface area contributed by atoms with Gasteiger partial charge >= 0.3 is 21.6 Å². The van der Waals surface area contributed by atoms with E-state index in [1.165, 1.54) is 24.3 Å². The van der Waals surface area contributed by atoms with Crippen molar-refractivity contribution < 1.29 is 45.8 Å². The summed E-state index contributed by atoms with van der Waals surface area (Å²) in [7, 11) is -7.88. The molecule has 0 saturated heterocycles. The Morgan fingerprint density at radius 1 is 0.575 bits per heavy atom. The molecule has 0 aliphatic heterocycles. The maximum Gasteiger partial charge on any atom is 0.588 e. The quantitative estimate of drug-likeness (QED) is 0.112. The van der Waals surface area contributed by atoms with E-state index in [2.05, 4.69) is 0 Å². The van der Waals surface area contributed by atoms with Crippen molar-refractivity contribution in [1.82, 2.24) is 0 Å². The maximum atomic E-state index is 13.8. The topological polar surface area (TPSA) is 116 Å². The normalized spacial score (nSPS) is 12.1. The molecule has 4 aromatic rings. The Labute approximate surface area is 231 Å². The van der Waals surface area contributed by atoms with E-state index in [4.69, 9.17) is 31.9 Å². The standard InChI is InChI=1S/C28H26O10P2/c1-32-28(29)27(38-40(31,36-25-18-10-4-11-19-25)37-26-20-12-5-13-21-26)22-33-39(30,34-23-14-6-2-7-15-23)35-24-16-8-3-9-17-24/h2-21,27H,22H2,1H3/t27-/m1/s1. The molecule has 0 aliphatic rings. The van der Waals surface area contributed by atoms with Crippen molar-refractivity contribution in [2.24, 2.45) is 0 Å². The first-order valence-corrected chi connectivity index (χ1v) is 14.9. The molecule has 0 amide bonds. The third-order valence-electron chi connectivity index (χ3n) is 4.95. The number of esters is 1. The minimum absolute atomic E-state index is 0.150. The Bertz CT molecular complexity index is 1350. The number of hydrogen-bond donors (Lipinski definition) is 0. The molecular weight excluding hydrogens is 558 g/mol. The van der Waals surface area contributed by atoms with Crippen LogP contribution in [0.25, 0.3) is 0 Å². The first-order valence-electron chi connectivity index (χ1n) is 12.0. The van der Waals surface area contributed by atoms with E-state index in [0.29, 0.717) is 0 Å². The monoisotopic (exact) mass is 584 g/mol. The summed E-state index contributed by atoms with van der Waals surface area (Å²) in [6.07, 6.45) is -1.73. The summed E-state index contributed by atoms with van der Waals surface area (Å²) in [5.74, 6) is -0.335. The van der Waals surface area contributed by atoms with Crippen LogP contribution in [-0.4, -0.2) is 25.8 Å². The van der Waals surface area contributed by atoms with Gasteiger partial charge in [0.05, 0.1) is 13.7 Å². The zero-order chi connectivity index (χ0) is 28.3. The number of para-hydroxylation sites is 4. The minimum Gasteiger partial charge on any atom is -0.467 e. The first kappa shape index (κ1) is 28.9. The third-order valence-corrected chi connectivity index (χ3v) is 7.66. The molecule has 0 aromatic heterocycles. The van der Waals surface area contributed by atoms with E-state index < -0.39 is 34.3 Å². The summed E-state index contributed by atoms with van der Waals surface area (Å²) in [5, 5.41) is 0. The highest BCUT2D eigenvalue weighted by atomic mass is 31.2. The average Bonchev–Trinajstić information content (AvgIpc) is 2.97. The van der Waals surface area contributed by atoms with Gasteiger partial charge in [-0.15, -0.1) is 0 Å². The van der Waals surface area contributed by atoms with Crippen LogP contribution < -0.4 is 18.1 Å². The van der Waals surface area contributed by atoms with Gasteiger partial charge in [0, 0.05) is 0 Å². The van der Waals surface area contributed by atoms with E-state index in [9.17, 15) is 13.9 Å². The Hall–Kier alpha value is -4.07. The van der Waals surface area contributed by atoms with Crippen LogP contribution in [0, 0.1) is 0 Å². The van der Waals surface area contributed by atoms with Gasteiger partial charge in [-0.25, -0.2) is 18.4 Å². The van der Waals surface area contributed by atoms with Crippen molar-refractivity contribution in [2.45, 2.75) is 6.10 Å². The number of methoxy groups -OCH3 is 1. The lowest BCUT2D eigenvalue weighted by molar-refractivity contribution is -0.151.